The van der Waals surface area contributed by atoms with Crippen LogP contribution < -0.4 is 4.90 Å². The highest BCUT2D eigenvalue weighted by molar-refractivity contribution is 6.42. The Morgan fingerprint density at radius 1 is 1.21 bits per heavy atom. The van der Waals surface area contributed by atoms with Crippen LogP contribution in [0.5, 0.6) is 0 Å². The molecule has 0 saturated heterocycles. The number of halogens is 2. The molecule has 1 N–H and O–H groups in total. The second-order valence-electron chi connectivity index (χ2n) is 4.44. The van der Waals surface area contributed by atoms with Gasteiger partial charge in [-0.15, -0.1) is 0 Å². The van der Waals surface area contributed by atoms with Crippen LogP contribution in [0.2, 0.25) is 10.0 Å². The van der Waals surface area contributed by atoms with Crippen molar-refractivity contribution >= 4 is 34.9 Å². The monoisotopic (exact) mass is 303 g/mol. The maximum Gasteiger partial charge on any atom is 0.305 e. The van der Waals surface area contributed by atoms with Gasteiger partial charge in [0.15, 0.2) is 0 Å². The number of carboxylic acids is 1. The molecule has 0 unspecified atom stereocenters. The Kier molecular flexibility index (Phi) is 7.03. The first-order valence-corrected chi connectivity index (χ1v) is 7.22. The fourth-order valence-corrected chi connectivity index (χ4v) is 2.13. The van der Waals surface area contributed by atoms with E-state index in [0.717, 1.165) is 31.5 Å². The van der Waals surface area contributed by atoms with Crippen LogP contribution in [0.15, 0.2) is 18.2 Å². The molecule has 1 aromatic rings. The number of aliphatic carboxylic acids is 1. The summed E-state index contributed by atoms with van der Waals surface area (Å²) in [6, 6.07) is 5.41. The zero-order valence-electron chi connectivity index (χ0n) is 11.0. The van der Waals surface area contributed by atoms with Gasteiger partial charge in [-0.3, -0.25) is 4.79 Å². The molecule has 3 nitrogen and oxygen atoms in total. The predicted octanol–water partition coefficient (Wildman–Crippen LogP) is 4.46. The number of carboxylic acid groups (broad SMARTS) is 1. The molecule has 0 spiro atoms. The van der Waals surface area contributed by atoms with Crippen molar-refractivity contribution in [2.45, 2.75) is 32.6 Å². The Morgan fingerprint density at radius 2 is 1.95 bits per heavy atom. The highest BCUT2D eigenvalue weighted by Crippen LogP contribution is 2.27. The molecule has 0 heterocycles. The Hall–Kier alpha value is -0.930. The molecule has 0 saturated carbocycles. The minimum Gasteiger partial charge on any atom is -0.481 e. The van der Waals surface area contributed by atoms with Crippen LogP contribution in [0.4, 0.5) is 5.69 Å². The summed E-state index contributed by atoms with van der Waals surface area (Å²) in [5, 5.41) is 9.81. The van der Waals surface area contributed by atoms with Crippen molar-refractivity contribution in [2.75, 3.05) is 18.0 Å². The maximum atomic E-state index is 10.7. The molecule has 106 valence electrons. The topological polar surface area (TPSA) is 40.5 Å². The van der Waals surface area contributed by atoms with Crippen LogP contribution >= 0.6 is 23.2 Å². The number of benzene rings is 1. The number of anilines is 1. The minimum atomic E-state index is -0.791. The molecule has 0 amide bonds. The van der Waals surface area contributed by atoms with E-state index in [-0.39, 0.29) is 6.42 Å². The van der Waals surface area contributed by atoms with Gasteiger partial charge in [-0.2, -0.15) is 0 Å². The van der Waals surface area contributed by atoms with Gasteiger partial charge in [-0.05, 0) is 24.6 Å². The van der Waals surface area contributed by atoms with E-state index in [4.69, 9.17) is 28.3 Å². The van der Waals surface area contributed by atoms with E-state index < -0.39 is 5.97 Å². The summed E-state index contributed by atoms with van der Waals surface area (Å²) in [5.41, 5.74) is 0.923. The third-order valence-corrected chi connectivity index (χ3v) is 3.63. The molecule has 0 aromatic heterocycles. The van der Waals surface area contributed by atoms with Crippen LogP contribution in [-0.2, 0) is 4.79 Å². The van der Waals surface area contributed by atoms with Gasteiger partial charge in [0.2, 0.25) is 0 Å². The molecule has 0 aliphatic carbocycles. The Labute approximate surface area is 124 Å². The fraction of sp³-hybridized carbons (Fsp3) is 0.500. The largest absolute Gasteiger partial charge is 0.481 e. The van der Waals surface area contributed by atoms with Crippen molar-refractivity contribution in [3.8, 4) is 0 Å². The summed E-state index contributed by atoms with van der Waals surface area (Å²) >= 11 is 11.9. The molecule has 5 heteroatoms. The quantitative estimate of drug-likeness (QED) is 0.721. The lowest BCUT2D eigenvalue weighted by molar-refractivity contribution is -0.136. The van der Waals surface area contributed by atoms with Crippen LogP contribution in [0.3, 0.4) is 0 Å². The van der Waals surface area contributed by atoms with E-state index in [1.807, 2.05) is 11.0 Å². The number of hydrogen-bond acceptors (Lipinski definition) is 2. The number of rotatable bonds is 8. The van der Waals surface area contributed by atoms with Gasteiger partial charge in [0.1, 0.15) is 0 Å². The van der Waals surface area contributed by atoms with E-state index in [9.17, 15) is 4.79 Å². The van der Waals surface area contributed by atoms with Crippen molar-refractivity contribution in [2.24, 2.45) is 0 Å². The number of carbonyl (C=O) groups is 1. The smallest absolute Gasteiger partial charge is 0.305 e. The molecule has 0 aliphatic rings. The van der Waals surface area contributed by atoms with Crippen molar-refractivity contribution in [1.82, 2.24) is 0 Å². The van der Waals surface area contributed by atoms with Gasteiger partial charge < -0.3 is 10.0 Å². The van der Waals surface area contributed by atoms with Gasteiger partial charge in [0, 0.05) is 18.8 Å². The number of unbranched alkanes of at least 4 members (excludes halogenated alkanes) is 2. The standard InChI is InChI=1S/C14H19Cl2NO2/c1-2-3-4-8-17(9-7-14(18)19)11-5-6-12(15)13(16)10-11/h5-6,10H,2-4,7-9H2,1H3,(H,18,19). The first-order valence-electron chi connectivity index (χ1n) is 6.46. The predicted molar refractivity (Wildman–Crippen MR) is 80.5 cm³/mol. The molecule has 0 aliphatic heterocycles. The van der Waals surface area contributed by atoms with Crippen LogP contribution in [-0.4, -0.2) is 24.2 Å². The molecule has 0 radical (unpaired) electrons. The van der Waals surface area contributed by atoms with Crippen LogP contribution in [0, 0.1) is 0 Å². The summed E-state index contributed by atoms with van der Waals surface area (Å²) in [4.78, 5) is 12.8. The average molecular weight is 304 g/mol. The summed E-state index contributed by atoms with van der Waals surface area (Å²) in [6.45, 7) is 3.46. The van der Waals surface area contributed by atoms with E-state index in [2.05, 4.69) is 6.92 Å². The second kappa shape index (κ2) is 8.28. The molecular formula is C14H19Cl2NO2. The third-order valence-electron chi connectivity index (χ3n) is 2.90. The summed E-state index contributed by atoms with van der Waals surface area (Å²) in [5.74, 6) is -0.791. The van der Waals surface area contributed by atoms with Crippen LogP contribution in [0.1, 0.15) is 32.6 Å². The summed E-state index contributed by atoms with van der Waals surface area (Å²) in [6.07, 6.45) is 3.42. The van der Waals surface area contributed by atoms with Crippen molar-refractivity contribution < 1.29 is 9.90 Å². The maximum absolute atomic E-state index is 10.7. The van der Waals surface area contributed by atoms with E-state index in [1.165, 1.54) is 0 Å². The number of hydrogen-bond donors (Lipinski definition) is 1. The van der Waals surface area contributed by atoms with E-state index in [1.54, 1.807) is 12.1 Å². The first-order chi connectivity index (χ1) is 9.04. The molecule has 1 aromatic carbocycles. The van der Waals surface area contributed by atoms with Gasteiger partial charge >= 0.3 is 5.97 Å². The normalized spacial score (nSPS) is 10.5. The number of nitrogens with zero attached hydrogens (tertiary/aromatic N) is 1. The minimum absolute atomic E-state index is 0.117. The SMILES string of the molecule is CCCCCN(CCC(=O)O)c1ccc(Cl)c(Cl)c1. The van der Waals surface area contributed by atoms with Crippen LogP contribution in [0.25, 0.3) is 0 Å². The zero-order chi connectivity index (χ0) is 14.3. The summed E-state index contributed by atoms with van der Waals surface area (Å²) in [7, 11) is 0. The average Bonchev–Trinajstić information content (AvgIpc) is 2.37. The van der Waals surface area contributed by atoms with Gasteiger partial charge in [-0.1, -0.05) is 43.0 Å². The van der Waals surface area contributed by atoms with Crippen molar-refractivity contribution in [3.05, 3.63) is 28.2 Å². The van der Waals surface area contributed by atoms with Crippen molar-refractivity contribution in [1.29, 1.82) is 0 Å². The Morgan fingerprint density at radius 3 is 2.53 bits per heavy atom. The molecule has 0 atom stereocenters. The molecule has 0 bridgehead atoms. The first kappa shape index (κ1) is 16.1. The molecule has 0 fully saturated rings. The van der Waals surface area contributed by atoms with Gasteiger partial charge in [0.05, 0.1) is 16.5 Å². The zero-order valence-corrected chi connectivity index (χ0v) is 12.5. The second-order valence-corrected chi connectivity index (χ2v) is 5.25. The molecular weight excluding hydrogens is 285 g/mol. The highest BCUT2D eigenvalue weighted by atomic mass is 35.5. The molecule has 1 rings (SSSR count). The fourth-order valence-electron chi connectivity index (χ4n) is 1.84. The Balaban J connectivity index is 2.74. The third kappa shape index (κ3) is 5.70. The Bertz CT molecular complexity index is 424. The highest BCUT2D eigenvalue weighted by Gasteiger charge is 2.10. The lowest BCUT2D eigenvalue weighted by atomic mass is 10.2. The lowest BCUT2D eigenvalue weighted by Gasteiger charge is -2.24. The summed E-state index contributed by atoms with van der Waals surface area (Å²) < 4.78 is 0. The van der Waals surface area contributed by atoms with E-state index >= 15 is 0 Å². The molecule has 19 heavy (non-hydrogen) atoms. The lowest BCUT2D eigenvalue weighted by Crippen LogP contribution is -2.27. The van der Waals surface area contributed by atoms with E-state index in [0.29, 0.717) is 16.6 Å². The van der Waals surface area contributed by atoms with Crippen molar-refractivity contribution in [3.63, 3.8) is 0 Å². The van der Waals surface area contributed by atoms with Gasteiger partial charge in [0.25, 0.3) is 0 Å². The van der Waals surface area contributed by atoms with Gasteiger partial charge in [-0.25, -0.2) is 0 Å².